The highest BCUT2D eigenvalue weighted by Crippen LogP contribution is 2.29. The van der Waals surface area contributed by atoms with E-state index in [0.717, 1.165) is 31.5 Å². The van der Waals surface area contributed by atoms with Crippen LogP contribution in [-0.4, -0.2) is 39.0 Å². The van der Waals surface area contributed by atoms with E-state index in [-0.39, 0.29) is 17.2 Å². The maximum absolute atomic E-state index is 12.3. The van der Waals surface area contributed by atoms with Crippen LogP contribution in [0.15, 0.2) is 29.0 Å². The van der Waals surface area contributed by atoms with Crippen molar-refractivity contribution in [3.05, 3.63) is 30.4 Å². The number of piperidine rings is 1. The van der Waals surface area contributed by atoms with Crippen LogP contribution in [0.2, 0.25) is 0 Å². The number of nitrogens with zero attached hydrogens (tertiary/aromatic N) is 4. The van der Waals surface area contributed by atoms with E-state index >= 15 is 0 Å². The molecule has 0 aliphatic carbocycles. The zero-order valence-electron chi connectivity index (χ0n) is 14.5. The van der Waals surface area contributed by atoms with Gasteiger partial charge in [-0.25, -0.2) is 0 Å². The van der Waals surface area contributed by atoms with Gasteiger partial charge in [0.15, 0.2) is 0 Å². The predicted octanol–water partition coefficient (Wildman–Crippen LogP) is 3.27. The maximum atomic E-state index is 12.3. The molecule has 1 aliphatic heterocycles. The fourth-order valence-corrected chi connectivity index (χ4v) is 2.96. The van der Waals surface area contributed by atoms with E-state index < -0.39 is 0 Å². The van der Waals surface area contributed by atoms with Gasteiger partial charge in [-0.05, 0) is 30.4 Å². The van der Waals surface area contributed by atoms with Gasteiger partial charge in [-0.15, -0.1) is 0 Å². The van der Waals surface area contributed by atoms with E-state index in [0.29, 0.717) is 18.1 Å². The summed E-state index contributed by atoms with van der Waals surface area (Å²) in [5.41, 5.74) is 0.928. The standard InChI is InChI=1S/C18H24N4O2/c1-18(2,3)12-15(23)22-10-6-14(7-11-22)17-20-16(21-24-17)13-4-8-19-9-5-13/h4-5,8-9,14H,6-7,10-12H2,1-3H3. The second-order valence-electron chi connectivity index (χ2n) is 7.58. The quantitative estimate of drug-likeness (QED) is 0.864. The van der Waals surface area contributed by atoms with Crippen molar-refractivity contribution >= 4 is 5.91 Å². The molecule has 0 atom stereocenters. The van der Waals surface area contributed by atoms with Crippen LogP contribution in [0.5, 0.6) is 0 Å². The lowest BCUT2D eigenvalue weighted by Gasteiger charge is -2.32. The van der Waals surface area contributed by atoms with Crippen molar-refractivity contribution in [1.82, 2.24) is 20.0 Å². The van der Waals surface area contributed by atoms with Crippen molar-refractivity contribution in [2.75, 3.05) is 13.1 Å². The molecule has 2 aromatic rings. The van der Waals surface area contributed by atoms with Gasteiger partial charge in [0.2, 0.25) is 17.6 Å². The Morgan fingerprint density at radius 1 is 1.25 bits per heavy atom. The molecule has 0 radical (unpaired) electrons. The summed E-state index contributed by atoms with van der Waals surface area (Å²) < 4.78 is 5.45. The molecule has 3 rings (SSSR count). The highest BCUT2D eigenvalue weighted by atomic mass is 16.5. The molecule has 6 heteroatoms. The van der Waals surface area contributed by atoms with Crippen molar-refractivity contribution in [2.45, 2.75) is 46.0 Å². The van der Waals surface area contributed by atoms with Crippen LogP contribution >= 0.6 is 0 Å². The third kappa shape index (κ3) is 3.99. The smallest absolute Gasteiger partial charge is 0.230 e. The number of hydrogen-bond donors (Lipinski definition) is 0. The fraction of sp³-hybridized carbons (Fsp3) is 0.556. The van der Waals surface area contributed by atoms with E-state index in [4.69, 9.17) is 4.52 Å². The van der Waals surface area contributed by atoms with Gasteiger partial charge in [0.05, 0.1) is 0 Å². The molecule has 1 aliphatic rings. The lowest BCUT2D eigenvalue weighted by Crippen LogP contribution is -2.39. The van der Waals surface area contributed by atoms with Gasteiger partial charge in [-0.3, -0.25) is 9.78 Å². The number of amides is 1. The topological polar surface area (TPSA) is 72.1 Å². The highest BCUT2D eigenvalue weighted by Gasteiger charge is 2.29. The number of rotatable bonds is 3. The summed E-state index contributed by atoms with van der Waals surface area (Å²) in [5.74, 6) is 1.74. The lowest BCUT2D eigenvalue weighted by atomic mass is 9.90. The molecule has 0 unspecified atom stereocenters. The van der Waals surface area contributed by atoms with Crippen molar-refractivity contribution in [2.24, 2.45) is 5.41 Å². The summed E-state index contributed by atoms with van der Waals surface area (Å²) >= 11 is 0. The van der Waals surface area contributed by atoms with E-state index in [1.54, 1.807) is 12.4 Å². The van der Waals surface area contributed by atoms with Crippen LogP contribution in [0.4, 0.5) is 0 Å². The minimum absolute atomic E-state index is 0.0276. The largest absolute Gasteiger partial charge is 0.343 e. The Morgan fingerprint density at radius 2 is 1.92 bits per heavy atom. The van der Waals surface area contributed by atoms with Crippen LogP contribution in [0.1, 0.15) is 51.8 Å². The van der Waals surface area contributed by atoms with Crippen LogP contribution in [0, 0.1) is 5.41 Å². The SMILES string of the molecule is CC(C)(C)CC(=O)N1CCC(c2nc(-c3ccncc3)no2)CC1. The van der Waals surface area contributed by atoms with Crippen LogP contribution < -0.4 is 0 Å². The molecule has 0 N–H and O–H groups in total. The van der Waals surface area contributed by atoms with Crippen molar-refractivity contribution in [1.29, 1.82) is 0 Å². The summed E-state index contributed by atoms with van der Waals surface area (Å²) in [6.45, 7) is 7.79. The van der Waals surface area contributed by atoms with Crippen LogP contribution in [0.25, 0.3) is 11.4 Å². The molecule has 0 saturated carbocycles. The molecule has 1 fully saturated rings. The number of hydrogen-bond acceptors (Lipinski definition) is 5. The molecule has 24 heavy (non-hydrogen) atoms. The second-order valence-corrected chi connectivity index (χ2v) is 7.58. The first-order valence-corrected chi connectivity index (χ1v) is 8.44. The fourth-order valence-electron chi connectivity index (χ4n) is 2.96. The first-order chi connectivity index (χ1) is 11.4. The summed E-state index contributed by atoms with van der Waals surface area (Å²) in [7, 11) is 0. The van der Waals surface area contributed by atoms with Gasteiger partial charge in [0, 0.05) is 43.4 Å². The van der Waals surface area contributed by atoms with Crippen LogP contribution in [-0.2, 0) is 4.79 Å². The first-order valence-electron chi connectivity index (χ1n) is 8.44. The van der Waals surface area contributed by atoms with Gasteiger partial charge in [-0.1, -0.05) is 25.9 Å². The first kappa shape index (κ1) is 16.6. The van der Waals surface area contributed by atoms with Gasteiger partial charge in [0.25, 0.3) is 0 Å². The Balaban J connectivity index is 1.59. The molecule has 1 amide bonds. The van der Waals surface area contributed by atoms with E-state index in [1.165, 1.54) is 0 Å². The normalized spacial score (nSPS) is 16.4. The number of carbonyl (C=O) groups is 1. The van der Waals surface area contributed by atoms with E-state index in [1.807, 2.05) is 17.0 Å². The maximum Gasteiger partial charge on any atom is 0.230 e. The minimum Gasteiger partial charge on any atom is -0.343 e. The number of pyridine rings is 1. The Morgan fingerprint density at radius 3 is 2.54 bits per heavy atom. The zero-order valence-corrected chi connectivity index (χ0v) is 14.5. The summed E-state index contributed by atoms with van der Waals surface area (Å²) in [5, 5.41) is 4.07. The zero-order chi connectivity index (χ0) is 17.2. The van der Waals surface area contributed by atoms with Gasteiger partial charge < -0.3 is 9.42 Å². The molecule has 3 heterocycles. The van der Waals surface area contributed by atoms with Crippen molar-refractivity contribution < 1.29 is 9.32 Å². The Labute approximate surface area is 142 Å². The van der Waals surface area contributed by atoms with Crippen molar-refractivity contribution in [3.63, 3.8) is 0 Å². The highest BCUT2D eigenvalue weighted by molar-refractivity contribution is 5.76. The third-order valence-corrected chi connectivity index (χ3v) is 4.26. The molecule has 0 aromatic carbocycles. The molecular weight excluding hydrogens is 304 g/mol. The number of likely N-dealkylation sites (tertiary alicyclic amines) is 1. The van der Waals surface area contributed by atoms with Crippen molar-refractivity contribution in [3.8, 4) is 11.4 Å². The van der Waals surface area contributed by atoms with Crippen LogP contribution in [0.3, 0.4) is 0 Å². The average molecular weight is 328 g/mol. The molecule has 0 spiro atoms. The number of carbonyl (C=O) groups excluding carboxylic acids is 1. The lowest BCUT2D eigenvalue weighted by molar-refractivity contribution is -0.134. The minimum atomic E-state index is 0.0276. The third-order valence-electron chi connectivity index (χ3n) is 4.26. The predicted molar refractivity (Wildman–Crippen MR) is 90.2 cm³/mol. The second kappa shape index (κ2) is 6.71. The molecular formula is C18H24N4O2. The Kier molecular flexibility index (Phi) is 4.64. The monoisotopic (exact) mass is 328 g/mol. The molecule has 1 saturated heterocycles. The van der Waals surface area contributed by atoms with E-state index in [9.17, 15) is 4.79 Å². The van der Waals surface area contributed by atoms with Gasteiger partial charge in [0.1, 0.15) is 0 Å². The molecule has 128 valence electrons. The molecule has 0 bridgehead atoms. The number of aromatic nitrogens is 3. The molecule has 6 nitrogen and oxygen atoms in total. The summed E-state index contributed by atoms with van der Waals surface area (Å²) in [6, 6.07) is 3.73. The van der Waals surface area contributed by atoms with Gasteiger partial charge >= 0.3 is 0 Å². The summed E-state index contributed by atoms with van der Waals surface area (Å²) in [4.78, 5) is 22.8. The Hall–Kier alpha value is -2.24. The average Bonchev–Trinajstić information content (AvgIpc) is 3.04. The Bertz CT molecular complexity index is 683. The van der Waals surface area contributed by atoms with Gasteiger partial charge in [-0.2, -0.15) is 4.98 Å². The summed E-state index contributed by atoms with van der Waals surface area (Å²) in [6.07, 6.45) is 5.75. The van der Waals surface area contributed by atoms with E-state index in [2.05, 4.69) is 35.9 Å². The molecule has 2 aromatic heterocycles.